The molecule has 2 heterocycles. The number of benzene rings is 2. The van der Waals surface area contributed by atoms with Gasteiger partial charge in [-0.15, -0.1) is 5.92 Å². The number of likely N-dealkylation sites (tertiary alicyclic amines) is 1. The molecule has 3 aromatic rings. The van der Waals surface area contributed by atoms with Crippen LogP contribution in [0.4, 0.5) is 0 Å². The first-order valence-electron chi connectivity index (χ1n) is 11.9. The van der Waals surface area contributed by atoms with Crippen LogP contribution in [0.2, 0.25) is 0 Å². The Labute approximate surface area is 205 Å². The number of hydroxylamine groups is 1. The number of aryl methyl sites for hydroxylation is 1. The Kier molecular flexibility index (Phi) is 7.76. The quantitative estimate of drug-likeness (QED) is 0.280. The van der Waals surface area contributed by atoms with Crippen molar-refractivity contribution >= 4 is 22.7 Å². The normalized spacial score (nSPS) is 17.6. The Bertz CT molecular complexity index is 1280. The summed E-state index contributed by atoms with van der Waals surface area (Å²) >= 11 is 0. The first-order chi connectivity index (χ1) is 17.0. The summed E-state index contributed by atoms with van der Waals surface area (Å²) < 4.78 is 0. The molecule has 2 amide bonds. The molecule has 7 heteroatoms. The van der Waals surface area contributed by atoms with E-state index < -0.39 is 17.9 Å². The summed E-state index contributed by atoms with van der Waals surface area (Å²) in [5, 5.41) is 13.2. The summed E-state index contributed by atoms with van der Waals surface area (Å²) in [5.74, 6) is 4.52. The molecule has 2 atom stereocenters. The largest absolute Gasteiger partial charge is 0.347 e. The van der Waals surface area contributed by atoms with Gasteiger partial charge < -0.3 is 5.32 Å². The second-order valence-electron chi connectivity index (χ2n) is 8.80. The number of aromatic nitrogens is 1. The first kappa shape index (κ1) is 24.4. The monoisotopic (exact) mass is 470 g/mol. The van der Waals surface area contributed by atoms with Crippen molar-refractivity contribution in [3.05, 3.63) is 77.0 Å². The van der Waals surface area contributed by atoms with Crippen LogP contribution in [-0.4, -0.2) is 52.6 Å². The number of rotatable bonds is 7. The van der Waals surface area contributed by atoms with Crippen molar-refractivity contribution in [2.75, 3.05) is 19.6 Å². The fourth-order valence-corrected chi connectivity index (χ4v) is 4.58. The van der Waals surface area contributed by atoms with Gasteiger partial charge in [0.05, 0.1) is 24.0 Å². The maximum Gasteiger partial charge on any atom is 0.251 e. The molecule has 4 rings (SSSR count). The van der Waals surface area contributed by atoms with Crippen molar-refractivity contribution in [2.24, 2.45) is 5.92 Å². The van der Waals surface area contributed by atoms with Crippen molar-refractivity contribution in [3.63, 3.8) is 0 Å². The summed E-state index contributed by atoms with van der Waals surface area (Å²) in [5.41, 5.74) is 6.61. The molecule has 1 saturated heterocycles. The maximum atomic E-state index is 12.9. The molecule has 0 aliphatic carbocycles. The highest BCUT2D eigenvalue weighted by molar-refractivity contribution is 5.95. The van der Waals surface area contributed by atoms with Gasteiger partial charge in [-0.25, -0.2) is 5.48 Å². The van der Waals surface area contributed by atoms with Gasteiger partial charge in [-0.2, -0.15) is 0 Å². The highest BCUT2D eigenvalue weighted by atomic mass is 16.5. The molecule has 180 valence electrons. The molecule has 1 aliphatic heterocycles. The van der Waals surface area contributed by atoms with Crippen LogP contribution in [0.1, 0.15) is 41.0 Å². The van der Waals surface area contributed by atoms with Gasteiger partial charge in [0.2, 0.25) is 5.91 Å². The molecule has 0 unspecified atom stereocenters. The molecule has 3 N–H and O–H groups in total. The van der Waals surface area contributed by atoms with E-state index in [9.17, 15) is 9.59 Å². The van der Waals surface area contributed by atoms with Gasteiger partial charge in [-0.1, -0.05) is 43.2 Å². The van der Waals surface area contributed by atoms with E-state index in [-0.39, 0.29) is 5.91 Å². The van der Waals surface area contributed by atoms with Crippen LogP contribution in [0, 0.1) is 17.8 Å². The third kappa shape index (κ3) is 5.68. The van der Waals surface area contributed by atoms with Crippen LogP contribution in [0.25, 0.3) is 10.9 Å². The predicted molar refractivity (Wildman–Crippen MR) is 135 cm³/mol. The molecular weight excluding hydrogens is 440 g/mol. The van der Waals surface area contributed by atoms with Crippen molar-refractivity contribution in [1.29, 1.82) is 0 Å². The SMILES string of the molecule is CC#CCN1C[C@H](C(=O)NO)[C@H](NC(=O)c2ccc(Cc3cc(CC)nc4ccccc34)cc2)C1. The zero-order valence-electron chi connectivity index (χ0n) is 20.0. The smallest absolute Gasteiger partial charge is 0.251 e. The first-order valence-corrected chi connectivity index (χ1v) is 11.9. The molecular formula is C28H30N4O3. The Hall–Kier alpha value is -3.73. The van der Waals surface area contributed by atoms with Crippen molar-refractivity contribution in [2.45, 2.75) is 32.7 Å². The number of pyridine rings is 1. The molecule has 0 bridgehead atoms. The maximum absolute atomic E-state index is 12.9. The Balaban J connectivity index is 1.47. The zero-order chi connectivity index (χ0) is 24.8. The molecule has 0 spiro atoms. The molecule has 0 saturated carbocycles. The van der Waals surface area contributed by atoms with Crippen LogP contribution in [0.3, 0.4) is 0 Å². The lowest BCUT2D eigenvalue weighted by Gasteiger charge is -2.18. The number of nitrogens with one attached hydrogen (secondary N) is 2. The second kappa shape index (κ2) is 11.1. The van der Waals surface area contributed by atoms with Crippen LogP contribution in [-0.2, 0) is 17.6 Å². The molecule has 2 aromatic carbocycles. The Morgan fingerprint density at radius 3 is 2.63 bits per heavy atom. The number of hydrogen-bond donors (Lipinski definition) is 3. The van der Waals surface area contributed by atoms with Gasteiger partial charge in [0.15, 0.2) is 0 Å². The highest BCUT2D eigenvalue weighted by Crippen LogP contribution is 2.22. The molecule has 1 aromatic heterocycles. The van der Waals surface area contributed by atoms with E-state index in [0.717, 1.165) is 35.0 Å². The van der Waals surface area contributed by atoms with Crippen LogP contribution in [0.15, 0.2) is 54.6 Å². The number of para-hydroxylation sites is 1. The van der Waals surface area contributed by atoms with Crippen LogP contribution in [0.5, 0.6) is 0 Å². The number of carbonyl (C=O) groups is 2. The van der Waals surface area contributed by atoms with Crippen LogP contribution >= 0.6 is 0 Å². The van der Waals surface area contributed by atoms with Crippen molar-refractivity contribution in [3.8, 4) is 11.8 Å². The van der Waals surface area contributed by atoms with E-state index in [1.165, 1.54) is 5.56 Å². The Morgan fingerprint density at radius 2 is 1.91 bits per heavy atom. The van der Waals surface area contributed by atoms with Gasteiger partial charge in [0, 0.05) is 29.7 Å². The number of hydrogen-bond acceptors (Lipinski definition) is 5. The Morgan fingerprint density at radius 1 is 1.14 bits per heavy atom. The topological polar surface area (TPSA) is 94.6 Å². The van der Waals surface area contributed by atoms with Crippen LogP contribution < -0.4 is 10.8 Å². The number of fused-ring (bicyclic) bond motifs is 1. The third-order valence-corrected chi connectivity index (χ3v) is 6.47. The predicted octanol–water partition coefficient (Wildman–Crippen LogP) is 2.95. The van der Waals surface area contributed by atoms with Gasteiger partial charge in [0.1, 0.15) is 0 Å². The van der Waals surface area contributed by atoms with Crippen molar-refractivity contribution in [1.82, 2.24) is 20.7 Å². The fraction of sp³-hybridized carbons (Fsp3) is 0.321. The number of amides is 2. The average molecular weight is 471 g/mol. The minimum Gasteiger partial charge on any atom is -0.347 e. The highest BCUT2D eigenvalue weighted by Gasteiger charge is 2.38. The number of nitrogens with zero attached hydrogens (tertiary/aromatic N) is 2. The summed E-state index contributed by atoms with van der Waals surface area (Å²) in [6.45, 7) is 5.28. The summed E-state index contributed by atoms with van der Waals surface area (Å²) in [4.78, 5) is 31.8. The van der Waals surface area contributed by atoms with Gasteiger partial charge in [-0.3, -0.25) is 24.7 Å². The van der Waals surface area contributed by atoms with Gasteiger partial charge in [-0.05, 0) is 55.2 Å². The zero-order valence-corrected chi connectivity index (χ0v) is 20.0. The summed E-state index contributed by atoms with van der Waals surface area (Å²) in [6, 6.07) is 17.4. The fourth-order valence-electron chi connectivity index (χ4n) is 4.58. The van der Waals surface area contributed by atoms with Gasteiger partial charge >= 0.3 is 0 Å². The molecule has 7 nitrogen and oxygen atoms in total. The third-order valence-electron chi connectivity index (χ3n) is 6.47. The van der Waals surface area contributed by atoms with E-state index >= 15 is 0 Å². The van der Waals surface area contributed by atoms with E-state index in [2.05, 4.69) is 36.2 Å². The molecule has 0 radical (unpaired) electrons. The lowest BCUT2D eigenvalue weighted by Crippen LogP contribution is -2.45. The summed E-state index contributed by atoms with van der Waals surface area (Å²) in [7, 11) is 0. The van der Waals surface area contributed by atoms with E-state index in [1.54, 1.807) is 12.4 Å². The van der Waals surface area contributed by atoms with E-state index in [1.807, 2.05) is 47.4 Å². The standard InChI is InChI=1S/C28H30N4O3/c1-3-5-14-32-17-24(28(34)31-35)26(18-32)30-27(33)20-12-10-19(11-13-20)15-21-16-22(4-2)29-25-9-7-6-8-23(21)25/h6-13,16,24,26,35H,4,14-15,17-18H2,1-2H3,(H,30,33)(H,31,34)/t24-,26+/m0/s1. The van der Waals surface area contributed by atoms with Crippen molar-refractivity contribution < 1.29 is 14.8 Å². The molecule has 35 heavy (non-hydrogen) atoms. The summed E-state index contributed by atoms with van der Waals surface area (Å²) in [6.07, 6.45) is 1.61. The second-order valence-corrected chi connectivity index (χ2v) is 8.80. The minimum atomic E-state index is -0.547. The average Bonchev–Trinajstić information content (AvgIpc) is 3.29. The van der Waals surface area contributed by atoms with E-state index in [0.29, 0.717) is 25.2 Å². The lowest BCUT2D eigenvalue weighted by atomic mass is 9.98. The minimum absolute atomic E-state index is 0.247. The molecule has 1 aliphatic rings. The molecule has 1 fully saturated rings. The lowest BCUT2D eigenvalue weighted by molar-refractivity contribution is -0.133. The number of carbonyl (C=O) groups excluding carboxylic acids is 2. The van der Waals surface area contributed by atoms with Gasteiger partial charge in [0.25, 0.3) is 5.91 Å². The van der Waals surface area contributed by atoms with E-state index in [4.69, 9.17) is 10.2 Å².